The van der Waals surface area contributed by atoms with Gasteiger partial charge < -0.3 is 10.3 Å². The number of rotatable bonds is 2. The van der Waals surface area contributed by atoms with Crippen molar-refractivity contribution in [1.29, 1.82) is 0 Å². The summed E-state index contributed by atoms with van der Waals surface area (Å²) in [5.41, 5.74) is 9.19. The molecule has 16 heavy (non-hydrogen) atoms. The topological polar surface area (TPSA) is 77.8 Å². The van der Waals surface area contributed by atoms with Crippen LogP contribution in [-0.2, 0) is 6.42 Å². The highest BCUT2D eigenvalue weighted by molar-refractivity contribution is 5.67. The molecule has 0 fully saturated rings. The number of aromatic nitrogens is 3. The van der Waals surface area contributed by atoms with Crippen LogP contribution in [-0.4, -0.2) is 15.4 Å². The second kappa shape index (κ2) is 3.92. The summed E-state index contributed by atoms with van der Waals surface area (Å²) >= 11 is 0. The van der Waals surface area contributed by atoms with E-state index in [1.54, 1.807) is 0 Å². The monoisotopic (exact) mass is 218 g/mol. The normalized spacial score (nSPS) is 10.7. The van der Waals surface area contributed by atoms with E-state index < -0.39 is 0 Å². The Morgan fingerprint density at radius 3 is 2.62 bits per heavy atom. The Balaban J connectivity index is 2.62. The van der Waals surface area contributed by atoms with Gasteiger partial charge in [-0.15, -0.1) is 0 Å². The fourth-order valence-electron chi connectivity index (χ4n) is 1.57. The van der Waals surface area contributed by atoms with Crippen molar-refractivity contribution in [3.8, 4) is 11.3 Å². The fraction of sp³-hybridized carbons (Fsp3) is 0.364. The van der Waals surface area contributed by atoms with Crippen LogP contribution in [0.5, 0.6) is 0 Å². The lowest BCUT2D eigenvalue weighted by Gasteiger charge is -2.04. The summed E-state index contributed by atoms with van der Waals surface area (Å²) in [7, 11) is 0. The van der Waals surface area contributed by atoms with Crippen LogP contribution in [0, 0.1) is 13.8 Å². The van der Waals surface area contributed by atoms with E-state index in [-0.39, 0.29) is 0 Å². The standard InChI is InChI=1S/C11H14N4O/c1-4-9-8(5-6(2)13-14-9)10-7(3)11(12)15-16-10/h5H,4H2,1-3H3,(H2,12,15). The molecular weight excluding hydrogens is 204 g/mol. The summed E-state index contributed by atoms with van der Waals surface area (Å²) in [6, 6.07) is 1.94. The lowest BCUT2D eigenvalue weighted by molar-refractivity contribution is 0.434. The van der Waals surface area contributed by atoms with Gasteiger partial charge in [-0.2, -0.15) is 10.2 Å². The molecule has 0 saturated heterocycles. The minimum Gasteiger partial charge on any atom is -0.381 e. The van der Waals surface area contributed by atoms with E-state index in [0.29, 0.717) is 11.6 Å². The second-order valence-corrected chi connectivity index (χ2v) is 3.72. The number of aryl methyl sites for hydroxylation is 2. The van der Waals surface area contributed by atoms with Gasteiger partial charge in [0, 0.05) is 11.1 Å². The first-order valence-electron chi connectivity index (χ1n) is 5.18. The number of nitrogens with two attached hydrogens (primary N) is 1. The van der Waals surface area contributed by atoms with E-state index in [9.17, 15) is 0 Å². The summed E-state index contributed by atoms with van der Waals surface area (Å²) in [5, 5.41) is 11.9. The van der Waals surface area contributed by atoms with Crippen LogP contribution >= 0.6 is 0 Å². The highest BCUT2D eigenvalue weighted by Crippen LogP contribution is 2.29. The Morgan fingerprint density at radius 1 is 1.31 bits per heavy atom. The molecule has 2 N–H and O–H groups in total. The maximum absolute atomic E-state index is 5.67. The Bertz CT molecular complexity index is 519. The molecule has 0 bridgehead atoms. The summed E-state index contributed by atoms with van der Waals surface area (Å²) in [6.07, 6.45) is 0.794. The minimum atomic E-state index is 0.423. The van der Waals surface area contributed by atoms with Crippen molar-refractivity contribution in [1.82, 2.24) is 15.4 Å². The number of hydrogen-bond acceptors (Lipinski definition) is 5. The predicted molar refractivity (Wildman–Crippen MR) is 60.8 cm³/mol. The van der Waals surface area contributed by atoms with Crippen LogP contribution in [0.4, 0.5) is 5.82 Å². The molecule has 0 aliphatic rings. The van der Waals surface area contributed by atoms with Gasteiger partial charge >= 0.3 is 0 Å². The van der Waals surface area contributed by atoms with Crippen LogP contribution in [0.3, 0.4) is 0 Å². The van der Waals surface area contributed by atoms with E-state index in [1.807, 2.05) is 26.8 Å². The molecule has 2 rings (SSSR count). The van der Waals surface area contributed by atoms with Gasteiger partial charge in [0.1, 0.15) is 0 Å². The summed E-state index contributed by atoms with van der Waals surface area (Å²) in [5.74, 6) is 1.11. The summed E-state index contributed by atoms with van der Waals surface area (Å²) in [4.78, 5) is 0. The zero-order valence-corrected chi connectivity index (χ0v) is 9.61. The van der Waals surface area contributed by atoms with Crippen molar-refractivity contribution < 1.29 is 4.52 Å². The molecule has 0 aromatic carbocycles. The van der Waals surface area contributed by atoms with Gasteiger partial charge in [0.2, 0.25) is 0 Å². The third kappa shape index (κ3) is 1.64. The van der Waals surface area contributed by atoms with Crippen molar-refractivity contribution in [2.24, 2.45) is 0 Å². The molecule has 0 atom stereocenters. The predicted octanol–water partition coefficient (Wildman–Crippen LogP) is 1.89. The molecular formula is C11H14N4O. The van der Waals surface area contributed by atoms with E-state index in [0.717, 1.165) is 28.9 Å². The molecule has 0 spiro atoms. The lowest BCUT2D eigenvalue weighted by Crippen LogP contribution is -1.97. The smallest absolute Gasteiger partial charge is 0.173 e. The van der Waals surface area contributed by atoms with Gasteiger partial charge in [0.15, 0.2) is 11.6 Å². The lowest BCUT2D eigenvalue weighted by atomic mass is 10.1. The number of hydrogen-bond donors (Lipinski definition) is 1. The first-order valence-corrected chi connectivity index (χ1v) is 5.18. The van der Waals surface area contributed by atoms with Crippen molar-refractivity contribution in [2.75, 3.05) is 5.73 Å². The Morgan fingerprint density at radius 2 is 2.06 bits per heavy atom. The summed E-state index contributed by atoms with van der Waals surface area (Å²) < 4.78 is 5.24. The molecule has 0 aliphatic carbocycles. The van der Waals surface area contributed by atoms with E-state index in [4.69, 9.17) is 10.3 Å². The zero-order chi connectivity index (χ0) is 11.7. The Kier molecular flexibility index (Phi) is 2.60. The fourth-order valence-corrected chi connectivity index (χ4v) is 1.57. The van der Waals surface area contributed by atoms with Gasteiger partial charge in [-0.05, 0) is 26.3 Å². The SMILES string of the molecule is CCc1nnc(C)cc1-c1onc(N)c1C. The van der Waals surface area contributed by atoms with Crippen molar-refractivity contribution in [2.45, 2.75) is 27.2 Å². The number of nitrogens with zero attached hydrogens (tertiary/aromatic N) is 3. The van der Waals surface area contributed by atoms with Crippen LogP contribution in [0.25, 0.3) is 11.3 Å². The van der Waals surface area contributed by atoms with Crippen LogP contribution in [0.15, 0.2) is 10.6 Å². The molecule has 2 heterocycles. The molecule has 5 nitrogen and oxygen atoms in total. The first kappa shape index (κ1) is 10.6. The van der Waals surface area contributed by atoms with E-state index in [1.165, 1.54) is 0 Å². The third-order valence-electron chi connectivity index (χ3n) is 2.53. The molecule has 0 unspecified atom stereocenters. The first-order chi connectivity index (χ1) is 7.63. The molecule has 0 amide bonds. The zero-order valence-electron chi connectivity index (χ0n) is 9.61. The molecule has 2 aromatic rings. The van der Waals surface area contributed by atoms with Gasteiger partial charge in [-0.3, -0.25) is 0 Å². The van der Waals surface area contributed by atoms with Gasteiger partial charge in [0.25, 0.3) is 0 Å². The largest absolute Gasteiger partial charge is 0.381 e. The highest BCUT2D eigenvalue weighted by Gasteiger charge is 2.16. The Labute approximate surface area is 93.7 Å². The minimum absolute atomic E-state index is 0.423. The van der Waals surface area contributed by atoms with Crippen molar-refractivity contribution in [3.05, 3.63) is 23.0 Å². The highest BCUT2D eigenvalue weighted by atomic mass is 16.5. The van der Waals surface area contributed by atoms with Crippen LogP contribution in [0.1, 0.15) is 23.9 Å². The van der Waals surface area contributed by atoms with Crippen molar-refractivity contribution in [3.63, 3.8) is 0 Å². The average molecular weight is 218 g/mol. The number of anilines is 1. The third-order valence-corrected chi connectivity index (χ3v) is 2.53. The molecule has 5 heteroatoms. The Hall–Kier alpha value is -1.91. The maximum atomic E-state index is 5.67. The van der Waals surface area contributed by atoms with E-state index >= 15 is 0 Å². The average Bonchev–Trinajstić information content (AvgIpc) is 2.60. The number of nitrogen functional groups attached to an aromatic ring is 1. The van der Waals surface area contributed by atoms with Crippen LogP contribution < -0.4 is 5.73 Å². The molecule has 0 saturated carbocycles. The molecule has 84 valence electrons. The van der Waals surface area contributed by atoms with Crippen molar-refractivity contribution >= 4 is 5.82 Å². The van der Waals surface area contributed by atoms with Crippen LogP contribution in [0.2, 0.25) is 0 Å². The van der Waals surface area contributed by atoms with Gasteiger partial charge in [0.05, 0.1) is 11.4 Å². The van der Waals surface area contributed by atoms with Gasteiger partial charge in [-0.25, -0.2) is 0 Å². The molecule has 0 aliphatic heterocycles. The quantitative estimate of drug-likeness (QED) is 0.832. The van der Waals surface area contributed by atoms with Gasteiger partial charge in [-0.1, -0.05) is 12.1 Å². The second-order valence-electron chi connectivity index (χ2n) is 3.72. The maximum Gasteiger partial charge on any atom is 0.173 e. The van der Waals surface area contributed by atoms with E-state index in [2.05, 4.69) is 15.4 Å². The molecule has 0 radical (unpaired) electrons. The molecule has 2 aromatic heterocycles. The summed E-state index contributed by atoms with van der Waals surface area (Å²) in [6.45, 7) is 5.80.